The molecule has 2 unspecified atom stereocenters. The van der Waals surface area contributed by atoms with Gasteiger partial charge in [0.05, 0.1) is 6.07 Å². The largest absolute Gasteiger partial charge is 0.338 e. The molecular weight excluding hydrogens is 248 g/mol. The van der Waals surface area contributed by atoms with Crippen LogP contribution in [0.1, 0.15) is 71.6 Å². The minimum atomic E-state index is -0.756. The summed E-state index contributed by atoms with van der Waals surface area (Å²) in [6.07, 6.45) is 9.30. The van der Waals surface area contributed by atoms with Gasteiger partial charge in [-0.2, -0.15) is 5.26 Å². The van der Waals surface area contributed by atoms with Gasteiger partial charge in [-0.05, 0) is 44.4 Å². The quantitative estimate of drug-likeness (QED) is 0.764. The van der Waals surface area contributed by atoms with Crippen molar-refractivity contribution in [1.82, 2.24) is 4.90 Å². The molecule has 3 nitrogen and oxygen atoms in total. The number of nitrogens with zero attached hydrogens (tertiary/aromatic N) is 2. The molecule has 2 atom stereocenters. The lowest BCUT2D eigenvalue weighted by atomic mass is 9.78. The summed E-state index contributed by atoms with van der Waals surface area (Å²) >= 11 is 0. The fourth-order valence-electron chi connectivity index (χ4n) is 4.33. The predicted octanol–water partition coefficient (Wildman–Crippen LogP) is 3.89. The second-order valence-electron chi connectivity index (χ2n) is 6.59. The van der Waals surface area contributed by atoms with Gasteiger partial charge in [-0.15, -0.1) is 0 Å². The van der Waals surface area contributed by atoms with Gasteiger partial charge in [-0.25, -0.2) is 0 Å². The Morgan fingerprint density at radius 3 is 2.45 bits per heavy atom. The van der Waals surface area contributed by atoms with Gasteiger partial charge in [-0.3, -0.25) is 4.79 Å². The van der Waals surface area contributed by atoms with Crippen LogP contribution in [-0.2, 0) is 4.79 Å². The first-order chi connectivity index (χ1) is 9.68. The summed E-state index contributed by atoms with van der Waals surface area (Å²) in [5, 5.41) is 9.68. The Morgan fingerprint density at radius 2 is 1.85 bits per heavy atom. The van der Waals surface area contributed by atoms with Gasteiger partial charge >= 0.3 is 0 Å². The number of nitriles is 1. The van der Waals surface area contributed by atoms with Gasteiger partial charge in [0.2, 0.25) is 5.91 Å². The van der Waals surface area contributed by atoms with Gasteiger partial charge in [0.25, 0.3) is 0 Å². The first-order valence-corrected chi connectivity index (χ1v) is 8.41. The molecular formula is C17H28N2O. The molecule has 2 fully saturated rings. The molecule has 1 saturated heterocycles. The monoisotopic (exact) mass is 276 g/mol. The average Bonchev–Trinajstić information content (AvgIpc) is 2.94. The lowest BCUT2D eigenvalue weighted by molar-refractivity contribution is -0.144. The molecule has 0 radical (unpaired) electrons. The molecule has 1 amide bonds. The van der Waals surface area contributed by atoms with Crippen molar-refractivity contribution in [2.24, 2.45) is 11.3 Å². The van der Waals surface area contributed by atoms with Gasteiger partial charge < -0.3 is 4.90 Å². The summed E-state index contributed by atoms with van der Waals surface area (Å²) in [6.45, 7) is 5.02. The van der Waals surface area contributed by atoms with Crippen LogP contribution in [0.4, 0.5) is 0 Å². The van der Waals surface area contributed by atoms with Crippen LogP contribution in [-0.4, -0.2) is 23.4 Å². The third-order valence-corrected chi connectivity index (χ3v) is 5.23. The maximum absolute atomic E-state index is 13.1. The van der Waals surface area contributed by atoms with E-state index in [0.29, 0.717) is 24.8 Å². The van der Waals surface area contributed by atoms with Crippen molar-refractivity contribution in [2.45, 2.75) is 77.7 Å². The molecule has 0 N–H and O–H groups in total. The molecule has 1 aliphatic carbocycles. The van der Waals surface area contributed by atoms with E-state index in [4.69, 9.17) is 0 Å². The van der Waals surface area contributed by atoms with E-state index in [-0.39, 0.29) is 5.91 Å². The number of rotatable bonds is 5. The molecule has 112 valence electrons. The van der Waals surface area contributed by atoms with Gasteiger partial charge in [0.15, 0.2) is 0 Å². The van der Waals surface area contributed by atoms with Crippen molar-refractivity contribution in [3.63, 3.8) is 0 Å². The molecule has 2 rings (SSSR count). The van der Waals surface area contributed by atoms with Crippen LogP contribution in [0.25, 0.3) is 0 Å². The minimum Gasteiger partial charge on any atom is -0.338 e. The lowest BCUT2D eigenvalue weighted by Gasteiger charge is -2.41. The van der Waals surface area contributed by atoms with Crippen LogP contribution in [0.15, 0.2) is 0 Å². The fraction of sp³-hybridized carbons (Fsp3) is 0.882. The van der Waals surface area contributed by atoms with Crippen LogP contribution in [0.5, 0.6) is 0 Å². The SMILES string of the molecule is CCCC(C#N)(CCC)C(=O)N1CCCC2CCCC21. The summed E-state index contributed by atoms with van der Waals surface area (Å²) in [4.78, 5) is 15.2. The van der Waals surface area contributed by atoms with Crippen molar-refractivity contribution >= 4 is 5.91 Å². The predicted molar refractivity (Wildman–Crippen MR) is 79.9 cm³/mol. The zero-order valence-corrected chi connectivity index (χ0v) is 13.0. The molecule has 0 bridgehead atoms. The van der Waals surface area contributed by atoms with Crippen LogP contribution in [0.3, 0.4) is 0 Å². The second kappa shape index (κ2) is 6.61. The van der Waals surface area contributed by atoms with E-state index in [1.165, 1.54) is 19.3 Å². The van der Waals surface area contributed by atoms with Gasteiger partial charge in [-0.1, -0.05) is 33.1 Å². The van der Waals surface area contributed by atoms with Crippen LogP contribution < -0.4 is 0 Å². The molecule has 0 spiro atoms. The molecule has 1 heterocycles. The topological polar surface area (TPSA) is 44.1 Å². The normalized spacial score (nSPS) is 26.1. The van der Waals surface area contributed by atoms with E-state index in [0.717, 1.165) is 32.2 Å². The number of hydrogen-bond acceptors (Lipinski definition) is 2. The van der Waals surface area contributed by atoms with Gasteiger partial charge in [0.1, 0.15) is 5.41 Å². The van der Waals surface area contributed by atoms with Gasteiger partial charge in [0, 0.05) is 12.6 Å². The van der Waals surface area contributed by atoms with Crippen molar-refractivity contribution in [2.75, 3.05) is 6.54 Å². The standard InChI is InChI=1S/C17H28N2O/c1-3-10-17(13-18,11-4-2)16(20)19-12-6-8-14-7-5-9-15(14)19/h14-15H,3-12H2,1-2H3. The lowest BCUT2D eigenvalue weighted by Crippen LogP contribution is -2.52. The molecule has 0 aromatic rings. The Balaban J connectivity index is 2.20. The van der Waals surface area contributed by atoms with Crippen LogP contribution >= 0.6 is 0 Å². The third-order valence-electron chi connectivity index (χ3n) is 5.23. The van der Waals surface area contributed by atoms with E-state index in [9.17, 15) is 10.1 Å². The van der Waals surface area contributed by atoms with E-state index in [1.54, 1.807) is 0 Å². The highest BCUT2D eigenvalue weighted by Crippen LogP contribution is 2.40. The summed E-state index contributed by atoms with van der Waals surface area (Å²) in [7, 11) is 0. The number of hydrogen-bond donors (Lipinski definition) is 0. The van der Waals surface area contributed by atoms with Crippen LogP contribution in [0, 0.1) is 22.7 Å². The summed E-state index contributed by atoms with van der Waals surface area (Å²) in [5.74, 6) is 0.840. The molecule has 1 saturated carbocycles. The van der Waals surface area contributed by atoms with E-state index in [2.05, 4.69) is 24.8 Å². The molecule has 3 heteroatoms. The number of carbonyl (C=O) groups is 1. The number of amides is 1. The average molecular weight is 276 g/mol. The van der Waals surface area contributed by atoms with E-state index in [1.807, 2.05) is 0 Å². The fourth-order valence-corrected chi connectivity index (χ4v) is 4.33. The Bertz CT molecular complexity index is 379. The Kier molecular flexibility index (Phi) is 5.07. The van der Waals surface area contributed by atoms with Crippen molar-refractivity contribution < 1.29 is 4.79 Å². The minimum absolute atomic E-state index is 0.139. The van der Waals surface area contributed by atoms with Crippen molar-refractivity contribution in [3.8, 4) is 6.07 Å². The molecule has 0 aromatic carbocycles. The highest BCUT2D eigenvalue weighted by molar-refractivity contribution is 5.86. The zero-order valence-electron chi connectivity index (χ0n) is 13.0. The molecule has 1 aliphatic heterocycles. The Hall–Kier alpha value is -1.04. The smallest absolute Gasteiger partial charge is 0.243 e. The first-order valence-electron chi connectivity index (χ1n) is 8.41. The maximum Gasteiger partial charge on any atom is 0.243 e. The van der Waals surface area contributed by atoms with E-state index >= 15 is 0 Å². The second-order valence-corrected chi connectivity index (χ2v) is 6.59. The molecule has 20 heavy (non-hydrogen) atoms. The van der Waals surface area contributed by atoms with E-state index < -0.39 is 5.41 Å². The summed E-state index contributed by atoms with van der Waals surface area (Å²) in [5.41, 5.74) is -0.756. The van der Waals surface area contributed by atoms with Crippen molar-refractivity contribution in [1.29, 1.82) is 5.26 Å². The molecule has 2 aliphatic rings. The molecule has 0 aromatic heterocycles. The van der Waals surface area contributed by atoms with Crippen molar-refractivity contribution in [3.05, 3.63) is 0 Å². The van der Waals surface area contributed by atoms with Crippen LogP contribution in [0.2, 0.25) is 0 Å². The number of fused-ring (bicyclic) bond motifs is 1. The number of likely N-dealkylation sites (tertiary alicyclic amines) is 1. The Morgan fingerprint density at radius 1 is 1.20 bits per heavy atom. The maximum atomic E-state index is 13.1. The summed E-state index contributed by atoms with van der Waals surface area (Å²) in [6, 6.07) is 2.83. The summed E-state index contributed by atoms with van der Waals surface area (Å²) < 4.78 is 0. The third kappa shape index (κ3) is 2.71. The Labute approximate surface area is 123 Å². The first kappa shape index (κ1) is 15.4. The highest BCUT2D eigenvalue weighted by Gasteiger charge is 2.45. The number of carbonyl (C=O) groups excluding carboxylic acids is 1. The zero-order chi connectivity index (χ0) is 14.6. The number of piperidine rings is 1. The highest BCUT2D eigenvalue weighted by atomic mass is 16.2.